The van der Waals surface area contributed by atoms with Crippen molar-refractivity contribution in [2.24, 2.45) is 0 Å². The van der Waals surface area contributed by atoms with Crippen molar-refractivity contribution in [1.29, 1.82) is 0 Å². The number of carboxylic acids is 1. The Labute approximate surface area is 100 Å². The molecule has 0 fully saturated rings. The molecule has 0 aliphatic rings. The first-order valence-corrected chi connectivity index (χ1v) is 5.41. The number of nitrogens with one attached hydrogen (secondary N) is 2. The fraction of sp³-hybridized carbons (Fsp3) is 0.545. The van der Waals surface area contributed by atoms with Crippen LogP contribution in [0.1, 0.15) is 26.2 Å². The van der Waals surface area contributed by atoms with E-state index in [4.69, 9.17) is 5.11 Å². The van der Waals surface area contributed by atoms with E-state index in [2.05, 4.69) is 17.2 Å². The zero-order valence-corrected chi connectivity index (χ0v) is 9.86. The van der Waals surface area contributed by atoms with Gasteiger partial charge in [-0.2, -0.15) is 0 Å². The molecule has 96 valence electrons. The molecule has 0 spiro atoms. The second-order valence-electron chi connectivity index (χ2n) is 3.43. The van der Waals surface area contributed by atoms with E-state index < -0.39 is 17.9 Å². The number of carbonyl (C=O) groups excluding carboxylic acids is 2. The molecule has 2 amide bonds. The highest BCUT2D eigenvalue weighted by Gasteiger charge is 2.18. The van der Waals surface area contributed by atoms with Crippen LogP contribution in [0.4, 0.5) is 0 Å². The largest absolute Gasteiger partial charge is 0.481 e. The first-order chi connectivity index (χ1) is 8.01. The molecule has 0 aromatic heterocycles. The molecule has 6 nitrogen and oxygen atoms in total. The van der Waals surface area contributed by atoms with Gasteiger partial charge in [-0.25, -0.2) is 0 Å². The molecule has 1 atom stereocenters. The Morgan fingerprint density at radius 3 is 2.53 bits per heavy atom. The molecule has 1 unspecified atom stereocenters. The molecule has 0 bridgehead atoms. The number of rotatable bonds is 8. The van der Waals surface area contributed by atoms with Gasteiger partial charge in [0.1, 0.15) is 6.04 Å². The standard InChI is InChI=1S/C11H18N2O4/c1-3-5-8(13-9(14)4-2)11(17)12-7-6-10(15)16/h3,8H,1,4-7H2,2H3,(H,12,17)(H,13,14)(H,15,16). The zero-order valence-electron chi connectivity index (χ0n) is 9.86. The van der Waals surface area contributed by atoms with E-state index in [-0.39, 0.29) is 25.3 Å². The summed E-state index contributed by atoms with van der Waals surface area (Å²) in [6.07, 6.45) is 1.98. The molecule has 0 radical (unpaired) electrons. The molecule has 0 aromatic rings. The summed E-state index contributed by atoms with van der Waals surface area (Å²) >= 11 is 0. The van der Waals surface area contributed by atoms with Gasteiger partial charge in [-0.15, -0.1) is 6.58 Å². The Morgan fingerprint density at radius 1 is 1.41 bits per heavy atom. The zero-order chi connectivity index (χ0) is 13.3. The van der Waals surface area contributed by atoms with Crippen molar-refractivity contribution in [3.8, 4) is 0 Å². The van der Waals surface area contributed by atoms with Crippen LogP contribution in [-0.2, 0) is 14.4 Å². The number of carboxylic acid groups (broad SMARTS) is 1. The maximum absolute atomic E-state index is 11.6. The lowest BCUT2D eigenvalue weighted by Crippen LogP contribution is -2.46. The summed E-state index contributed by atoms with van der Waals surface area (Å²) in [6.45, 7) is 5.23. The number of aliphatic carboxylic acids is 1. The first-order valence-electron chi connectivity index (χ1n) is 5.41. The van der Waals surface area contributed by atoms with Gasteiger partial charge in [0, 0.05) is 13.0 Å². The Bertz CT molecular complexity index is 302. The van der Waals surface area contributed by atoms with Crippen LogP contribution in [0, 0.1) is 0 Å². The highest BCUT2D eigenvalue weighted by molar-refractivity contribution is 5.87. The molecular weight excluding hydrogens is 224 g/mol. The number of amides is 2. The molecule has 0 aromatic carbocycles. The molecular formula is C11H18N2O4. The van der Waals surface area contributed by atoms with Crippen molar-refractivity contribution in [2.75, 3.05) is 6.54 Å². The summed E-state index contributed by atoms with van der Waals surface area (Å²) in [6, 6.07) is -0.686. The highest BCUT2D eigenvalue weighted by atomic mass is 16.4. The van der Waals surface area contributed by atoms with E-state index in [0.29, 0.717) is 6.42 Å². The molecule has 0 heterocycles. The van der Waals surface area contributed by atoms with Crippen molar-refractivity contribution in [2.45, 2.75) is 32.2 Å². The van der Waals surface area contributed by atoms with Gasteiger partial charge in [-0.05, 0) is 6.42 Å². The lowest BCUT2D eigenvalue weighted by atomic mass is 10.2. The van der Waals surface area contributed by atoms with E-state index in [1.165, 1.54) is 6.08 Å². The Morgan fingerprint density at radius 2 is 2.06 bits per heavy atom. The van der Waals surface area contributed by atoms with Gasteiger partial charge in [0.05, 0.1) is 6.42 Å². The summed E-state index contributed by atoms with van der Waals surface area (Å²) in [5.41, 5.74) is 0. The summed E-state index contributed by atoms with van der Waals surface area (Å²) in [7, 11) is 0. The molecule has 0 saturated heterocycles. The normalized spacial score (nSPS) is 11.4. The molecule has 3 N–H and O–H groups in total. The number of hydrogen-bond acceptors (Lipinski definition) is 3. The molecule has 0 saturated carbocycles. The molecule has 6 heteroatoms. The van der Waals surface area contributed by atoms with E-state index in [9.17, 15) is 14.4 Å². The van der Waals surface area contributed by atoms with Gasteiger partial charge in [0.2, 0.25) is 11.8 Å². The van der Waals surface area contributed by atoms with Crippen molar-refractivity contribution < 1.29 is 19.5 Å². The van der Waals surface area contributed by atoms with E-state index in [1.54, 1.807) is 6.92 Å². The third-order valence-corrected chi connectivity index (χ3v) is 2.01. The third kappa shape index (κ3) is 7.10. The highest BCUT2D eigenvalue weighted by Crippen LogP contribution is 1.95. The first kappa shape index (κ1) is 15.2. The summed E-state index contributed by atoms with van der Waals surface area (Å²) in [5.74, 6) is -1.61. The lowest BCUT2D eigenvalue weighted by Gasteiger charge is -2.16. The van der Waals surface area contributed by atoms with Crippen LogP contribution in [0.15, 0.2) is 12.7 Å². The predicted octanol–water partition coefficient (Wildman–Crippen LogP) is 0.0482. The number of carbonyl (C=O) groups is 3. The van der Waals surface area contributed by atoms with Crippen molar-refractivity contribution >= 4 is 17.8 Å². The smallest absolute Gasteiger partial charge is 0.305 e. The topological polar surface area (TPSA) is 95.5 Å². The second-order valence-corrected chi connectivity index (χ2v) is 3.43. The van der Waals surface area contributed by atoms with Crippen LogP contribution in [0.25, 0.3) is 0 Å². The fourth-order valence-electron chi connectivity index (χ4n) is 1.11. The lowest BCUT2D eigenvalue weighted by molar-refractivity contribution is -0.137. The summed E-state index contributed by atoms with van der Waals surface area (Å²) in [5, 5.41) is 13.4. The van der Waals surface area contributed by atoms with Crippen molar-refractivity contribution in [1.82, 2.24) is 10.6 Å². The SMILES string of the molecule is C=CCC(NC(=O)CC)C(=O)NCCC(=O)O. The maximum atomic E-state index is 11.6. The van der Waals surface area contributed by atoms with Crippen LogP contribution in [-0.4, -0.2) is 35.5 Å². The molecule has 0 aliphatic carbocycles. The minimum absolute atomic E-state index is 0.0454. The average Bonchev–Trinajstić information content (AvgIpc) is 2.27. The van der Waals surface area contributed by atoms with Crippen LogP contribution in [0.3, 0.4) is 0 Å². The fourth-order valence-corrected chi connectivity index (χ4v) is 1.11. The van der Waals surface area contributed by atoms with E-state index >= 15 is 0 Å². The summed E-state index contributed by atoms with van der Waals surface area (Å²) < 4.78 is 0. The van der Waals surface area contributed by atoms with Gasteiger partial charge in [-0.3, -0.25) is 14.4 Å². The van der Waals surface area contributed by atoms with E-state index in [1.807, 2.05) is 0 Å². The minimum Gasteiger partial charge on any atom is -0.481 e. The quantitative estimate of drug-likeness (QED) is 0.524. The minimum atomic E-state index is -0.983. The van der Waals surface area contributed by atoms with Gasteiger partial charge >= 0.3 is 5.97 Å². The van der Waals surface area contributed by atoms with Crippen LogP contribution in [0.2, 0.25) is 0 Å². The molecule has 0 rings (SSSR count). The monoisotopic (exact) mass is 242 g/mol. The van der Waals surface area contributed by atoms with Crippen LogP contribution < -0.4 is 10.6 Å². The second kappa shape index (κ2) is 8.32. The average molecular weight is 242 g/mol. The maximum Gasteiger partial charge on any atom is 0.305 e. The Kier molecular flexibility index (Phi) is 7.41. The van der Waals surface area contributed by atoms with Gasteiger partial charge in [0.15, 0.2) is 0 Å². The number of hydrogen-bond donors (Lipinski definition) is 3. The van der Waals surface area contributed by atoms with Crippen molar-refractivity contribution in [3.63, 3.8) is 0 Å². The van der Waals surface area contributed by atoms with Crippen LogP contribution in [0.5, 0.6) is 0 Å². The van der Waals surface area contributed by atoms with Crippen LogP contribution >= 0.6 is 0 Å². The van der Waals surface area contributed by atoms with Gasteiger partial charge < -0.3 is 15.7 Å². The van der Waals surface area contributed by atoms with E-state index in [0.717, 1.165) is 0 Å². The summed E-state index contributed by atoms with van der Waals surface area (Å²) in [4.78, 5) is 33.0. The van der Waals surface area contributed by atoms with Crippen molar-refractivity contribution in [3.05, 3.63) is 12.7 Å². The Balaban J connectivity index is 4.18. The van der Waals surface area contributed by atoms with Gasteiger partial charge in [0.25, 0.3) is 0 Å². The van der Waals surface area contributed by atoms with Gasteiger partial charge in [-0.1, -0.05) is 13.0 Å². The predicted molar refractivity (Wildman–Crippen MR) is 62.3 cm³/mol. The molecule has 17 heavy (non-hydrogen) atoms. The third-order valence-electron chi connectivity index (χ3n) is 2.01. The molecule has 0 aliphatic heterocycles. The Hall–Kier alpha value is -1.85.